The number of carbonyl (C=O) groups excluding carboxylic acids is 2. The maximum absolute atomic E-state index is 13.9. The minimum atomic E-state index is -3.83. The number of nitrogens with one attached hydrogen (secondary N) is 2. The molecular weight excluding hydrogens is 373 g/mol. The molecule has 1 saturated heterocycles. The lowest BCUT2D eigenvalue weighted by Gasteiger charge is -2.25. The summed E-state index contributed by atoms with van der Waals surface area (Å²) in [5.41, 5.74) is 0.957. The molecule has 0 unspecified atom stereocenters. The molecule has 1 heterocycles. The number of rotatable bonds is 4. The van der Waals surface area contributed by atoms with Crippen LogP contribution in [0, 0.1) is 12.7 Å². The van der Waals surface area contributed by atoms with E-state index in [-0.39, 0.29) is 41.7 Å². The van der Waals surface area contributed by atoms with Gasteiger partial charge in [0.15, 0.2) is 0 Å². The number of anilines is 1. The Bertz CT molecular complexity index is 990. The molecule has 2 amide bonds. The van der Waals surface area contributed by atoms with Crippen molar-refractivity contribution in [2.45, 2.75) is 11.8 Å². The highest BCUT2D eigenvalue weighted by molar-refractivity contribution is 7.89. The number of piperazine rings is 1. The van der Waals surface area contributed by atoms with E-state index in [0.29, 0.717) is 0 Å². The number of carbonyl (C=O) groups is 2. The molecule has 0 aromatic heterocycles. The first-order chi connectivity index (χ1) is 12.8. The summed E-state index contributed by atoms with van der Waals surface area (Å²) in [4.78, 5) is 23.7. The first-order valence-electron chi connectivity index (χ1n) is 8.22. The van der Waals surface area contributed by atoms with Gasteiger partial charge in [-0.1, -0.05) is 6.07 Å². The monoisotopic (exact) mass is 391 g/mol. The third kappa shape index (κ3) is 4.15. The fourth-order valence-corrected chi connectivity index (χ4v) is 4.06. The van der Waals surface area contributed by atoms with Crippen LogP contribution in [0.1, 0.15) is 15.9 Å². The Kier molecular flexibility index (Phi) is 5.24. The number of hydrogen-bond acceptors (Lipinski definition) is 4. The molecule has 1 fully saturated rings. The lowest BCUT2D eigenvalue weighted by Crippen LogP contribution is -2.49. The van der Waals surface area contributed by atoms with Crippen LogP contribution in [0.4, 0.5) is 10.1 Å². The maximum atomic E-state index is 13.9. The molecule has 142 valence electrons. The quantitative estimate of drug-likeness (QED) is 0.826. The van der Waals surface area contributed by atoms with E-state index >= 15 is 0 Å². The highest BCUT2D eigenvalue weighted by atomic mass is 32.2. The fourth-order valence-electron chi connectivity index (χ4n) is 2.66. The van der Waals surface area contributed by atoms with Crippen LogP contribution in [0.5, 0.6) is 0 Å². The third-order valence-corrected chi connectivity index (χ3v) is 5.99. The molecule has 1 aliphatic rings. The van der Waals surface area contributed by atoms with Crippen molar-refractivity contribution in [1.82, 2.24) is 9.62 Å². The molecule has 0 radical (unpaired) electrons. The molecule has 2 aromatic rings. The lowest BCUT2D eigenvalue weighted by atomic mass is 10.2. The zero-order chi connectivity index (χ0) is 19.6. The van der Waals surface area contributed by atoms with Gasteiger partial charge in [-0.25, -0.2) is 12.8 Å². The van der Waals surface area contributed by atoms with E-state index in [1.807, 2.05) is 0 Å². The molecule has 0 bridgehead atoms. The molecule has 7 nitrogen and oxygen atoms in total. The summed E-state index contributed by atoms with van der Waals surface area (Å²) in [5, 5.41) is 5.02. The third-order valence-electron chi connectivity index (χ3n) is 4.13. The highest BCUT2D eigenvalue weighted by Crippen LogP contribution is 2.19. The second kappa shape index (κ2) is 7.45. The second-order valence-corrected chi connectivity index (χ2v) is 8.09. The number of aryl methyl sites for hydroxylation is 1. The van der Waals surface area contributed by atoms with Gasteiger partial charge in [-0.3, -0.25) is 9.59 Å². The van der Waals surface area contributed by atoms with E-state index in [0.717, 1.165) is 9.87 Å². The first-order valence-corrected chi connectivity index (χ1v) is 9.66. The van der Waals surface area contributed by atoms with Crippen LogP contribution in [-0.2, 0) is 14.8 Å². The van der Waals surface area contributed by atoms with Crippen molar-refractivity contribution in [2.24, 2.45) is 0 Å². The largest absolute Gasteiger partial charge is 0.354 e. The summed E-state index contributed by atoms with van der Waals surface area (Å²) < 4.78 is 40.1. The number of hydrogen-bond donors (Lipinski definition) is 2. The number of sulfonamides is 1. The molecular formula is C18H18FN3O4S. The molecule has 9 heteroatoms. The Morgan fingerprint density at radius 2 is 1.89 bits per heavy atom. The summed E-state index contributed by atoms with van der Waals surface area (Å²) in [5.74, 6) is -1.47. The maximum Gasteiger partial charge on any atom is 0.255 e. The number of nitrogens with zero attached hydrogens (tertiary/aromatic N) is 1. The lowest BCUT2D eigenvalue weighted by molar-refractivity contribution is -0.122. The van der Waals surface area contributed by atoms with Crippen molar-refractivity contribution in [3.63, 3.8) is 0 Å². The summed E-state index contributed by atoms with van der Waals surface area (Å²) in [7, 11) is -3.83. The van der Waals surface area contributed by atoms with Crippen LogP contribution in [0.25, 0.3) is 0 Å². The summed E-state index contributed by atoms with van der Waals surface area (Å²) >= 11 is 0. The van der Waals surface area contributed by atoms with Gasteiger partial charge < -0.3 is 10.6 Å². The van der Waals surface area contributed by atoms with Gasteiger partial charge in [0, 0.05) is 18.7 Å². The molecule has 2 aromatic carbocycles. The Morgan fingerprint density at radius 1 is 1.19 bits per heavy atom. The molecule has 3 rings (SSSR count). The molecule has 2 N–H and O–H groups in total. The van der Waals surface area contributed by atoms with Gasteiger partial charge in [0.25, 0.3) is 5.91 Å². The Balaban J connectivity index is 1.76. The number of amides is 2. The Labute approximate surface area is 156 Å². The van der Waals surface area contributed by atoms with E-state index in [1.54, 1.807) is 13.0 Å². The van der Waals surface area contributed by atoms with Crippen molar-refractivity contribution in [3.8, 4) is 0 Å². The topological polar surface area (TPSA) is 95.6 Å². The van der Waals surface area contributed by atoms with Crippen LogP contribution in [0.3, 0.4) is 0 Å². The number of halogens is 1. The van der Waals surface area contributed by atoms with Crippen LogP contribution >= 0.6 is 0 Å². The van der Waals surface area contributed by atoms with Crippen LogP contribution in [0.15, 0.2) is 47.4 Å². The summed E-state index contributed by atoms with van der Waals surface area (Å²) in [6.07, 6.45) is 0. The zero-order valence-electron chi connectivity index (χ0n) is 14.5. The van der Waals surface area contributed by atoms with Crippen LogP contribution in [0.2, 0.25) is 0 Å². The highest BCUT2D eigenvalue weighted by Gasteiger charge is 2.29. The van der Waals surface area contributed by atoms with E-state index in [2.05, 4.69) is 10.6 Å². The SMILES string of the molecule is Cc1ccc(NC(=O)c2ccc(S(=O)(=O)N3CCNC(=O)C3)cc2)c(F)c1. The predicted octanol–water partition coefficient (Wildman–Crippen LogP) is 1.51. The van der Waals surface area contributed by atoms with E-state index in [1.165, 1.54) is 36.4 Å². The first kappa shape index (κ1) is 19.0. The van der Waals surface area contributed by atoms with E-state index in [9.17, 15) is 22.4 Å². The fraction of sp³-hybridized carbons (Fsp3) is 0.222. The molecule has 0 saturated carbocycles. The molecule has 27 heavy (non-hydrogen) atoms. The summed E-state index contributed by atoms with van der Waals surface area (Å²) in [6.45, 7) is 1.93. The molecule has 1 aliphatic heterocycles. The standard InChI is InChI=1S/C18H18FN3O4S/c1-12-2-7-16(15(19)10-12)21-18(24)13-3-5-14(6-4-13)27(25,26)22-9-8-20-17(23)11-22/h2-7,10H,8-9,11H2,1H3,(H,20,23)(H,21,24). The van der Waals surface area contributed by atoms with E-state index < -0.39 is 21.7 Å². The molecule has 0 spiro atoms. The smallest absolute Gasteiger partial charge is 0.255 e. The summed E-state index contributed by atoms with van der Waals surface area (Å²) in [6, 6.07) is 9.72. The molecule has 0 aliphatic carbocycles. The average Bonchev–Trinajstić information content (AvgIpc) is 2.64. The molecule has 0 atom stereocenters. The van der Waals surface area contributed by atoms with Crippen molar-refractivity contribution < 1.29 is 22.4 Å². The van der Waals surface area contributed by atoms with Gasteiger partial charge in [0.2, 0.25) is 15.9 Å². The van der Waals surface area contributed by atoms with Crippen molar-refractivity contribution in [2.75, 3.05) is 25.0 Å². The van der Waals surface area contributed by atoms with E-state index in [4.69, 9.17) is 0 Å². The Hall–Kier alpha value is -2.78. The van der Waals surface area contributed by atoms with Gasteiger partial charge in [-0.2, -0.15) is 4.31 Å². The van der Waals surface area contributed by atoms with Crippen molar-refractivity contribution >= 4 is 27.5 Å². The van der Waals surface area contributed by atoms with Gasteiger partial charge in [-0.05, 0) is 48.9 Å². The minimum absolute atomic E-state index is 0.0183. The van der Waals surface area contributed by atoms with Crippen molar-refractivity contribution in [1.29, 1.82) is 0 Å². The second-order valence-electron chi connectivity index (χ2n) is 6.15. The zero-order valence-corrected chi connectivity index (χ0v) is 15.3. The minimum Gasteiger partial charge on any atom is -0.354 e. The van der Waals surface area contributed by atoms with Gasteiger partial charge in [0.05, 0.1) is 17.1 Å². The van der Waals surface area contributed by atoms with Crippen LogP contribution in [-0.4, -0.2) is 44.2 Å². The Morgan fingerprint density at radius 3 is 2.52 bits per heavy atom. The normalized spacial score (nSPS) is 15.3. The van der Waals surface area contributed by atoms with Crippen molar-refractivity contribution in [3.05, 3.63) is 59.4 Å². The van der Waals surface area contributed by atoms with Gasteiger partial charge in [-0.15, -0.1) is 0 Å². The van der Waals surface area contributed by atoms with Gasteiger partial charge >= 0.3 is 0 Å². The van der Waals surface area contributed by atoms with Gasteiger partial charge in [0.1, 0.15) is 5.82 Å². The predicted molar refractivity (Wildman–Crippen MR) is 97.3 cm³/mol. The number of benzene rings is 2. The van der Waals surface area contributed by atoms with Crippen LogP contribution < -0.4 is 10.6 Å². The average molecular weight is 391 g/mol.